The summed E-state index contributed by atoms with van der Waals surface area (Å²) in [5.41, 5.74) is 1.06. The van der Waals surface area contributed by atoms with E-state index in [1.54, 1.807) is 0 Å². The summed E-state index contributed by atoms with van der Waals surface area (Å²) in [5.74, 6) is -1.26. The maximum Gasteiger partial charge on any atom is 0.313 e. The summed E-state index contributed by atoms with van der Waals surface area (Å²) in [7, 11) is 1.48. The van der Waals surface area contributed by atoms with Crippen molar-refractivity contribution in [3.8, 4) is 6.07 Å². The van der Waals surface area contributed by atoms with Crippen molar-refractivity contribution >= 4 is 40.1 Å². The number of amides is 2. The Kier molecular flexibility index (Phi) is 5.94. The van der Waals surface area contributed by atoms with Crippen LogP contribution in [0.4, 0.5) is 5.69 Å². The standard InChI is InChI=1S/C20H16ClN3O4/c1-27-18(17-8-12-4-2-3-5-16(12)28-17)11-23-19(25)20(26)24-15-9-14(21)7-6-13(15)10-22/h2-9,18H,11H2,1H3,(H,23,25)(H,24,26)/t18-/m1/s1. The summed E-state index contributed by atoms with van der Waals surface area (Å²) in [6, 6.07) is 15.6. The molecule has 0 unspecified atom stereocenters. The van der Waals surface area contributed by atoms with Gasteiger partial charge in [-0.2, -0.15) is 5.26 Å². The molecule has 28 heavy (non-hydrogen) atoms. The number of methoxy groups -OCH3 is 1. The van der Waals surface area contributed by atoms with Gasteiger partial charge in [-0.05, 0) is 30.3 Å². The van der Waals surface area contributed by atoms with Crippen LogP contribution >= 0.6 is 11.6 Å². The molecule has 1 aromatic heterocycles. The zero-order chi connectivity index (χ0) is 20.1. The van der Waals surface area contributed by atoms with Gasteiger partial charge in [0.1, 0.15) is 23.5 Å². The second-order valence-electron chi connectivity index (χ2n) is 5.88. The number of para-hydroxylation sites is 1. The Hall–Kier alpha value is -3.34. The van der Waals surface area contributed by atoms with E-state index < -0.39 is 17.9 Å². The molecule has 8 heteroatoms. The van der Waals surface area contributed by atoms with Crippen LogP contribution in [0.25, 0.3) is 11.0 Å². The molecule has 1 heterocycles. The molecule has 7 nitrogen and oxygen atoms in total. The van der Waals surface area contributed by atoms with Gasteiger partial charge in [0.05, 0.1) is 17.8 Å². The Bertz CT molecular complexity index is 1040. The maximum atomic E-state index is 12.1. The Morgan fingerprint density at radius 1 is 1.21 bits per heavy atom. The first-order valence-corrected chi connectivity index (χ1v) is 8.69. The summed E-state index contributed by atoms with van der Waals surface area (Å²) in [4.78, 5) is 24.3. The molecule has 0 aliphatic heterocycles. The lowest BCUT2D eigenvalue weighted by Crippen LogP contribution is -2.38. The minimum absolute atomic E-state index is 0.0310. The Morgan fingerprint density at radius 3 is 2.71 bits per heavy atom. The molecule has 2 aromatic carbocycles. The van der Waals surface area contributed by atoms with Gasteiger partial charge < -0.3 is 19.8 Å². The molecule has 0 aliphatic rings. The molecule has 2 amide bonds. The fourth-order valence-electron chi connectivity index (χ4n) is 2.62. The lowest BCUT2D eigenvalue weighted by molar-refractivity contribution is -0.136. The van der Waals surface area contributed by atoms with E-state index in [1.807, 2.05) is 36.4 Å². The molecule has 3 aromatic rings. The zero-order valence-electron chi connectivity index (χ0n) is 14.9. The van der Waals surface area contributed by atoms with Crippen molar-refractivity contribution in [2.75, 3.05) is 19.0 Å². The number of nitrogens with one attached hydrogen (secondary N) is 2. The molecule has 0 aliphatic carbocycles. The number of furan rings is 1. The lowest BCUT2D eigenvalue weighted by atomic mass is 10.2. The van der Waals surface area contributed by atoms with Crippen LogP contribution in [0.5, 0.6) is 0 Å². The van der Waals surface area contributed by atoms with Gasteiger partial charge in [0.2, 0.25) is 0 Å². The number of carbonyl (C=O) groups excluding carboxylic acids is 2. The number of benzene rings is 2. The van der Waals surface area contributed by atoms with Gasteiger partial charge in [0, 0.05) is 17.5 Å². The number of ether oxygens (including phenoxy) is 1. The molecule has 0 saturated carbocycles. The molecule has 142 valence electrons. The Balaban J connectivity index is 1.64. The normalized spacial score (nSPS) is 11.6. The van der Waals surface area contributed by atoms with Crippen molar-refractivity contribution in [2.45, 2.75) is 6.10 Å². The fraction of sp³-hybridized carbons (Fsp3) is 0.150. The third-order valence-corrected chi connectivity index (χ3v) is 4.29. The van der Waals surface area contributed by atoms with Crippen LogP contribution in [0.3, 0.4) is 0 Å². The topological polar surface area (TPSA) is 104 Å². The highest BCUT2D eigenvalue weighted by Gasteiger charge is 2.20. The van der Waals surface area contributed by atoms with Crippen LogP contribution in [0, 0.1) is 11.3 Å². The van der Waals surface area contributed by atoms with Gasteiger partial charge in [-0.15, -0.1) is 0 Å². The second-order valence-corrected chi connectivity index (χ2v) is 6.31. The second kappa shape index (κ2) is 8.57. The first kappa shape index (κ1) is 19.4. The third kappa shape index (κ3) is 4.31. The van der Waals surface area contributed by atoms with E-state index in [0.29, 0.717) is 16.4 Å². The SMILES string of the molecule is CO[C@H](CNC(=O)C(=O)Nc1cc(Cl)ccc1C#N)c1cc2ccccc2o1. The van der Waals surface area contributed by atoms with E-state index in [0.717, 1.165) is 5.39 Å². The zero-order valence-corrected chi connectivity index (χ0v) is 15.6. The number of rotatable bonds is 5. The van der Waals surface area contributed by atoms with Gasteiger partial charge in [-0.25, -0.2) is 0 Å². The molecule has 0 spiro atoms. The van der Waals surface area contributed by atoms with Crippen molar-refractivity contribution < 1.29 is 18.7 Å². The molecular weight excluding hydrogens is 382 g/mol. The molecule has 0 bridgehead atoms. The van der Waals surface area contributed by atoms with E-state index in [1.165, 1.54) is 25.3 Å². The van der Waals surface area contributed by atoms with E-state index >= 15 is 0 Å². The van der Waals surface area contributed by atoms with Crippen molar-refractivity contribution in [3.05, 3.63) is 64.9 Å². The summed E-state index contributed by atoms with van der Waals surface area (Å²) in [5, 5.41) is 15.2. The molecule has 0 saturated heterocycles. The molecule has 0 fully saturated rings. The van der Waals surface area contributed by atoms with Gasteiger partial charge in [0.15, 0.2) is 0 Å². The molecule has 3 rings (SSSR count). The van der Waals surface area contributed by atoms with E-state index in [-0.39, 0.29) is 17.8 Å². The average molecular weight is 398 g/mol. The Labute approximate surface area is 165 Å². The van der Waals surface area contributed by atoms with Crippen molar-refractivity contribution in [3.63, 3.8) is 0 Å². The first-order valence-electron chi connectivity index (χ1n) is 8.32. The minimum atomic E-state index is -0.918. The quantitative estimate of drug-likeness (QED) is 0.642. The minimum Gasteiger partial charge on any atom is -0.458 e. The van der Waals surface area contributed by atoms with Crippen LogP contribution < -0.4 is 10.6 Å². The van der Waals surface area contributed by atoms with Crippen LogP contribution in [0.2, 0.25) is 5.02 Å². The number of hydrogen-bond acceptors (Lipinski definition) is 5. The predicted molar refractivity (Wildman–Crippen MR) is 104 cm³/mol. The number of nitrogens with zero attached hydrogens (tertiary/aromatic N) is 1. The van der Waals surface area contributed by atoms with Crippen molar-refractivity contribution in [2.24, 2.45) is 0 Å². The van der Waals surface area contributed by atoms with Crippen LogP contribution in [0.15, 0.2) is 52.9 Å². The monoisotopic (exact) mass is 397 g/mol. The molecular formula is C20H16ClN3O4. The van der Waals surface area contributed by atoms with Crippen LogP contribution in [-0.2, 0) is 14.3 Å². The summed E-state index contributed by atoms with van der Waals surface area (Å²) >= 11 is 5.87. The predicted octanol–water partition coefficient (Wildman–Crippen LogP) is 3.40. The number of halogens is 1. The summed E-state index contributed by atoms with van der Waals surface area (Å²) in [6.07, 6.45) is -0.565. The molecule has 1 atom stereocenters. The van der Waals surface area contributed by atoms with Crippen LogP contribution in [0.1, 0.15) is 17.4 Å². The van der Waals surface area contributed by atoms with Crippen molar-refractivity contribution in [1.29, 1.82) is 5.26 Å². The summed E-state index contributed by atoms with van der Waals surface area (Å²) < 4.78 is 11.1. The van der Waals surface area contributed by atoms with Gasteiger partial charge in [0.25, 0.3) is 0 Å². The van der Waals surface area contributed by atoms with Gasteiger partial charge >= 0.3 is 11.8 Å². The third-order valence-electron chi connectivity index (χ3n) is 4.05. The molecule has 2 N–H and O–H groups in total. The van der Waals surface area contributed by atoms with E-state index in [9.17, 15) is 9.59 Å². The fourth-order valence-corrected chi connectivity index (χ4v) is 2.80. The maximum absolute atomic E-state index is 12.1. The highest BCUT2D eigenvalue weighted by molar-refractivity contribution is 6.40. The lowest BCUT2D eigenvalue weighted by Gasteiger charge is -2.14. The van der Waals surface area contributed by atoms with E-state index in [2.05, 4.69) is 10.6 Å². The van der Waals surface area contributed by atoms with Gasteiger partial charge in [-0.3, -0.25) is 9.59 Å². The number of hydrogen-bond donors (Lipinski definition) is 2. The highest BCUT2D eigenvalue weighted by atomic mass is 35.5. The largest absolute Gasteiger partial charge is 0.458 e. The number of carbonyl (C=O) groups is 2. The number of nitriles is 1. The average Bonchev–Trinajstić information content (AvgIpc) is 3.12. The smallest absolute Gasteiger partial charge is 0.313 e. The highest BCUT2D eigenvalue weighted by Crippen LogP contribution is 2.25. The Morgan fingerprint density at radius 2 is 2.00 bits per heavy atom. The first-order chi connectivity index (χ1) is 13.5. The van der Waals surface area contributed by atoms with Crippen LogP contribution in [-0.4, -0.2) is 25.5 Å². The summed E-state index contributed by atoms with van der Waals surface area (Å²) in [6.45, 7) is 0.0310. The number of fused-ring (bicyclic) bond motifs is 1. The van der Waals surface area contributed by atoms with Crippen molar-refractivity contribution in [1.82, 2.24) is 5.32 Å². The number of anilines is 1. The van der Waals surface area contributed by atoms with E-state index in [4.69, 9.17) is 26.0 Å². The molecule has 0 radical (unpaired) electrons. The van der Waals surface area contributed by atoms with Gasteiger partial charge in [-0.1, -0.05) is 29.8 Å².